The van der Waals surface area contributed by atoms with Crippen molar-refractivity contribution in [2.45, 2.75) is 62.6 Å². The van der Waals surface area contributed by atoms with E-state index in [1.807, 2.05) is 30.3 Å². The third-order valence-corrected chi connectivity index (χ3v) is 13.5. The molecule has 9 rings (SSSR count). The first-order chi connectivity index (χ1) is 27.7. The van der Waals surface area contributed by atoms with Crippen molar-refractivity contribution in [3.05, 3.63) is 87.9 Å². The van der Waals surface area contributed by atoms with Crippen LogP contribution in [0.15, 0.2) is 60.7 Å². The molecule has 0 bridgehead atoms. The molecule has 294 valence electrons. The average molecular weight is 790 g/mol. The molecule has 3 N–H and O–H groups in total. The number of carbonyl (C=O) groups is 5. The zero-order valence-corrected chi connectivity index (χ0v) is 32.2. The highest BCUT2D eigenvalue weighted by Crippen LogP contribution is 2.65. The summed E-state index contributed by atoms with van der Waals surface area (Å²) in [5.41, 5.74) is 3.31. The summed E-state index contributed by atoms with van der Waals surface area (Å²) in [7, 11) is 0. The number of imide groups is 2. The first-order valence-electron chi connectivity index (χ1n) is 20.0. The van der Waals surface area contributed by atoms with Crippen molar-refractivity contribution < 1.29 is 28.7 Å². The van der Waals surface area contributed by atoms with Gasteiger partial charge in [-0.2, -0.15) is 5.26 Å². The lowest BCUT2D eigenvalue weighted by atomic mass is 9.51. The zero-order valence-electron chi connectivity index (χ0n) is 31.5. The highest BCUT2D eigenvalue weighted by atomic mass is 35.5. The summed E-state index contributed by atoms with van der Waals surface area (Å²) < 4.78 is 6.39. The lowest BCUT2D eigenvalue weighted by Crippen LogP contribution is -2.83. The van der Waals surface area contributed by atoms with E-state index in [2.05, 4.69) is 31.8 Å². The Hall–Kier alpha value is -5.45. The minimum atomic E-state index is -0.983. The summed E-state index contributed by atoms with van der Waals surface area (Å²) in [6.45, 7) is 4.53. The quantitative estimate of drug-likeness (QED) is 0.185. The maximum atomic E-state index is 13.7. The normalized spacial score (nSPS) is 26.5. The molecule has 3 aromatic carbocycles. The molecule has 13 nitrogen and oxygen atoms in total. The molecule has 4 heterocycles. The van der Waals surface area contributed by atoms with E-state index in [9.17, 15) is 29.2 Å². The Bertz CT molecular complexity index is 2200. The number of anilines is 2. The van der Waals surface area contributed by atoms with Gasteiger partial charge in [-0.05, 0) is 93.1 Å². The molecule has 6 aliphatic rings. The number of hydrogen-bond acceptors (Lipinski definition) is 10. The topological polar surface area (TPSA) is 164 Å². The van der Waals surface area contributed by atoms with E-state index >= 15 is 0 Å². The van der Waals surface area contributed by atoms with Gasteiger partial charge in [0.15, 0.2) is 0 Å². The maximum absolute atomic E-state index is 13.7. The predicted molar refractivity (Wildman–Crippen MR) is 211 cm³/mol. The summed E-state index contributed by atoms with van der Waals surface area (Å²) in [6, 6.07) is 19.3. The Morgan fingerprint density at radius 2 is 1.77 bits per heavy atom. The molecular formula is C43H44ClN7O6. The van der Waals surface area contributed by atoms with Crippen LogP contribution in [0.25, 0.3) is 0 Å². The van der Waals surface area contributed by atoms with Crippen molar-refractivity contribution in [2.75, 3.05) is 49.5 Å². The van der Waals surface area contributed by atoms with Crippen LogP contribution in [0.1, 0.15) is 81.6 Å². The van der Waals surface area contributed by atoms with Gasteiger partial charge in [0.05, 0.1) is 32.9 Å². The fourth-order valence-electron chi connectivity index (χ4n) is 10.3. The van der Waals surface area contributed by atoms with Crippen LogP contribution in [0.2, 0.25) is 5.02 Å². The van der Waals surface area contributed by atoms with Gasteiger partial charge in [-0.15, -0.1) is 0 Å². The number of amides is 5. The average Bonchev–Trinajstić information content (AvgIpc) is 3.76. The van der Waals surface area contributed by atoms with E-state index in [0.29, 0.717) is 57.1 Å². The summed E-state index contributed by atoms with van der Waals surface area (Å²) in [5.74, 6) is -0.172. The third-order valence-electron chi connectivity index (χ3n) is 13.2. The van der Waals surface area contributed by atoms with Crippen LogP contribution >= 0.6 is 11.6 Å². The number of likely N-dealkylation sites (tertiary alicyclic amines) is 1. The van der Waals surface area contributed by atoms with Gasteiger partial charge >= 0.3 is 0 Å². The summed E-state index contributed by atoms with van der Waals surface area (Å²) in [4.78, 5) is 70.0. The maximum Gasteiger partial charge on any atom is 0.264 e. The van der Waals surface area contributed by atoms with E-state index in [-0.39, 0.29) is 36.3 Å². The van der Waals surface area contributed by atoms with Gasteiger partial charge in [0, 0.05) is 68.3 Å². The molecule has 4 aliphatic heterocycles. The van der Waals surface area contributed by atoms with Crippen molar-refractivity contribution in [2.24, 2.45) is 17.8 Å². The monoisotopic (exact) mass is 789 g/mol. The number of piperidine rings is 3. The Balaban J connectivity index is 0.714. The number of nitriles is 1. The van der Waals surface area contributed by atoms with Crippen molar-refractivity contribution in [1.82, 2.24) is 20.4 Å². The van der Waals surface area contributed by atoms with Crippen LogP contribution < -0.4 is 25.6 Å². The summed E-state index contributed by atoms with van der Waals surface area (Å²) in [5, 5.41) is 18.9. The third kappa shape index (κ3) is 6.30. The van der Waals surface area contributed by atoms with Gasteiger partial charge in [0.2, 0.25) is 11.8 Å². The SMILES string of the molecule is N#Cc1ccc(OC2C3CCCC34C2CN4C(=O)c2ccc(NCCNCC3CCN(c4cccc5c4C(=O)N(C4CCC(=O)NC4=O)C5=O)CC3)cc2)cc1Cl. The number of ether oxygens (including phenoxy) is 1. The van der Waals surface area contributed by atoms with Crippen LogP contribution in [0.4, 0.5) is 11.4 Å². The fourth-order valence-corrected chi connectivity index (χ4v) is 10.5. The van der Waals surface area contributed by atoms with Gasteiger partial charge in [-0.25, -0.2) is 0 Å². The van der Waals surface area contributed by atoms with Crippen molar-refractivity contribution in [1.29, 1.82) is 5.26 Å². The van der Waals surface area contributed by atoms with Crippen molar-refractivity contribution in [3.8, 4) is 11.8 Å². The van der Waals surface area contributed by atoms with Crippen LogP contribution in [-0.4, -0.2) is 96.3 Å². The van der Waals surface area contributed by atoms with Gasteiger partial charge in [0.25, 0.3) is 17.7 Å². The number of halogens is 1. The highest BCUT2D eigenvalue weighted by molar-refractivity contribution is 6.31. The number of benzene rings is 3. The van der Waals surface area contributed by atoms with Gasteiger partial charge in [-0.3, -0.25) is 34.2 Å². The fraction of sp³-hybridized carbons (Fsp3) is 0.442. The van der Waals surface area contributed by atoms with E-state index in [0.717, 1.165) is 75.4 Å². The molecule has 3 saturated heterocycles. The largest absolute Gasteiger partial charge is 0.490 e. The van der Waals surface area contributed by atoms with E-state index in [1.54, 1.807) is 30.3 Å². The van der Waals surface area contributed by atoms with Crippen LogP contribution in [-0.2, 0) is 9.59 Å². The van der Waals surface area contributed by atoms with Gasteiger partial charge in [0.1, 0.15) is 24.0 Å². The summed E-state index contributed by atoms with van der Waals surface area (Å²) >= 11 is 6.25. The zero-order chi connectivity index (χ0) is 39.4. The first-order valence-corrected chi connectivity index (χ1v) is 20.4. The number of fused-ring (bicyclic) bond motifs is 1. The second kappa shape index (κ2) is 14.8. The Morgan fingerprint density at radius 3 is 2.53 bits per heavy atom. The number of nitrogens with one attached hydrogen (secondary N) is 3. The Kier molecular flexibility index (Phi) is 9.65. The highest BCUT2D eigenvalue weighted by Gasteiger charge is 2.75. The van der Waals surface area contributed by atoms with Gasteiger partial charge < -0.3 is 25.2 Å². The molecule has 2 aliphatic carbocycles. The lowest BCUT2D eigenvalue weighted by molar-refractivity contribution is -0.226. The number of rotatable bonds is 11. The molecule has 1 spiro atoms. The van der Waals surface area contributed by atoms with E-state index in [4.69, 9.17) is 16.3 Å². The molecule has 5 amide bonds. The second-order valence-electron chi connectivity index (χ2n) is 16.1. The van der Waals surface area contributed by atoms with E-state index in [1.165, 1.54) is 0 Å². The molecule has 2 saturated carbocycles. The Morgan fingerprint density at radius 1 is 0.965 bits per heavy atom. The molecule has 57 heavy (non-hydrogen) atoms. The molecule has 5 fully saturated rings. The molecule has 5 unspecified atom stereocenters. The Labute approximate surface area is 335 Å². The molecule has 0 aromatic heterocycles. The minimum Gasteiger partial charge on any atom is -0.490 e. The lowest BCUT2D eigenvalue weighted by Gasteiger charge is -2.71. The standard InChI is InChI=1S/C43H44ClN7O6/c44-33-21-29(11-8-27(33)22-45)57-38-31-4-2-16-43(31)32(38)24-50(43)40(54)26-6-9-28(10-7-26)47-18-17-46-23-25-14-19-49(20-15-25)34-5-1-3-30-37(34)42(56)51(41(30)55)35-12-13-36(52)48-39(35)53/h1,3,5-11,21,25,31-32,35,38,46-47H,2,4,12-20,23-24H2,(H,48,52,53). The number of hydrogen-bond donors (Lipinski definition) is 3. The minimum absolute atomic E-state index is 0.0466. The predicted octanol–water partition coefficient (Wildman–Crippen LogP) is 4.60. The van der Waals surface area contributed by atoms with Crippen molar-refractivity contribution >= 4 is 52.5 Å². The first kappa shape index (κ1) is 37.1. The number of nitrogens with zero attached hydrogens (tertiary/aromatic N) is 4. The van der Waals surface area contributed by atoms with Crippen LogP contribution in [0.5, 0.6) is 5.75 Å². The second-order valence-corrected chi connectivity index (χ2v) is 16.5. The van der Waals surface area contributed by atoms with E-state index < -0.39 is 29.7 Å². The molecule has 3 aromatic rings. The van der Waals surface area contributed by atoms with Crippen LogP contribution in [0.3, 0.4) is 0 Å². The van der Waals surface area contributed by atoms with Crippen LogP contribution in [0, 0.1) is 29.1 Å². The molecule has 0 radical (unpaired) electrons. The number of carbonyl (C=O) groups excluding carboxylic acids is 5. The van der Waals surface area contributed by atoms with Crippen molar-refractivity contribution in [3.63, 3.8) is 0 Å². The van der Waals surface area contributed by atoms with Gasteiger partial charge in [-0.1, -0.05) is 24.1 Å². The molecule has 14 heteroatoms. The summed E-state index contributed by atoms with van der Waals surface area (Å²) in [6.07, 6.45) is 5.22. The molecular weight excluding hydrogens is 746 g/mol. The molecule has 5 atom stereocenters. The smallest absolute Gasteiger partial charge is 0.264 e.